The van der Waals surface area contributed by atoms with Crippen molar-refractivity contribution in [2.75, 3.05) is 7.05 Å². The summed E-state index contributed by atoms with van der Waals surface area (Å²) in [5.41, 5.74) is 1.76. The first kappa shape index (κ1) is 14.5. The van der Waals surface area contributed by atoms with Gasteiger partial charge in [0.05, 0.1) is 0 Å². The van der Waals surface area contributed by atoms with E-state index in [0.717, 1.165) is 0 Å². The maximum absolute atomic E-state index is 14.1. The number of fused-ring (bicyclic) bond motifs is 1. The molecule has 2 aromatic carbocycles. The van der Waals surface area contributed by atoms with Crippen LogP contribution in [0.15, 0.2) is 47.8 Å². The largest absolute Gasteiger partial charge is 0.313 e. The molecule has 1 nitrogen and oxygen atoms in total. The Balaban J connectivity index is 1.98. The van der Waals surface area contributed by atoms with Crippen LogP contribution in [0.5, 0.6) is 0 Å². The van der Waals surface area contributed by atoms with Gasteiger partial charge in [0.2, 0.25) is 0 Å². The van der Waals surface area contributed by atoms with Crippen molar-refractivity contribution in [2.45, 2.75) is 12.5 Å². The van der Waals surface area contributed by atoms with Crippen LogP contribution in [-0.4, -0.2) is 7.05 Å². The molecule has 0 spiro atoms. The SMILES string of the molecule is CNC(Cc1csc2ccccc12)c1c(F)cccc1Cl. The lowest BCUT2D eigenvalue weighted by Crippen LogP contribution is -2.20. The van der Waals surface area contributed by atoms with Crippen molar-refractivity contribution in [1.29, 1.82) is 0 Å². The van der Waals surface area contributed by atoms with E-state index in [4.69, 9.17) is 11.6 Å². The summed E-state index contributed by atoms with van der Waals surface area (Å²) in [4.78, 5) is 0. The molecule has 3 aromatic rings. The zero-order valence-electron chi connectivity index (χ0n) is 11.6. The Morgan fingerprint density at radius 1 is 1.19 bits per heavy atom. The van der Waals surface area contributed by atoms with Gasteiger partial charge in [-0.3, -0.25) is 0 Å². The van der Waals surface area contributed by atoms with Gasteiger partial charge in [-0.1, -0.05) is 35.9 Å². The minimum atomic E-state index is -0.263. The van der Waals surface area contributed by atoms with E-state index in [2.05, 4.69) is 22.8 Å². The van der Waals surface area contributed by atoms with Gasteiger partial charge in [0, 0.05) is 21.3 Å². The van der Waals surface area contributed by atoms with Crippen LogP contribution in [-0.2, 0) is 6.42 Å². The number of hydrogen-bond acceptors (Lipinski definition) is 2. The van der Waals surface area contributed by atoms with Crippen molar-refractivity contribution < 1.29 is 4.39 Å². The predicted molar refractivity (Wildman–Crippen MR) is 88.7 cm³/mol. The lowest BCUT2D eigenvalue weighted by Gasteiger charge is -2.18. The summed E-state index contributed by atoms with van der Waals surface area (Å²) in [5.74, 6) is -0.263. The summed E-state index contributed by atoms with van der Waals surface area (Å²) in [6.45, 7) is 0. The van der Waals surface area contributed by atoms with Crippen LogP contribution in [0.4, 0.5) is 4.39 Å². The smallest absolute Gasteiger partial charge is 0.129 e. The summed E-state index contributed by atoms with van der Waals surface area (Å²) >= 11 is 7.90. The van der Waals surface area contributed by atoms with Crippen molar-refractivity contribution >= 4 is 33.0 Å². The number of benzene rings is 2. The first-order valence-electron chi connectivity index (χ1n) is 6.77. The molecule has 1 unspecified atom stereocenters. The van der Waals surface area contributed by atoms with Gasteiger partial charge >= 0.3 is 0 Å². The number of halogens is 2. The summed E-state index contributed by atoms with van der Waals surface area (Å²) in [6.07, 6.45) is 0.709. The van der Waals surface area contributed by atoms with Crippen LogP contribution in [0.25, 0.3) is 10.1 Å². The Hall–Kier alpha value is -1.42. The molecule has 108 valence electrons. The molecule has 0 radical (unpaired) electrons. The molecule has 0 fully saturated rings. The van der Waals surface area contributed by atoms with Gasteiger partial charge in [-0.25, -0.2) is 4.39 Å². The molecule has 3 rings (SSSR count). The number of hydrogen-bond donors (Lipinski definition) is 1. The fourth-order valence-electron chi connectivity index (χ4n) is 2.60. The Kier molecular flexibility index (Phi) is 4.24. The van der Waals surface area contributed by atoms with E-state index in [1.165, 1.54) is 21.7 Å². The first-order chi connectivity index (χ1) is 10.2. The average Bonchev–Trinajstić information content (AvgIpc) is 2.89. The third kappa shape index (κ3) is 2.82. The molecule has 21 heavy (non-hydrogen) atoms. The number of rotatable bonds is 4. The van der Waals surface area contributed by atoms with E-state index in [1.54, 1.807) is 23.5 Å². The maximum Gasteiger partial charge on any atom is 0.129 e. The minimum absolute atomic E-state index is 0.142. The molecule has 0 amide bonds. The van der Waals surface area contributed by atoms with Crippen molar-refractivity contribution in [3.63, 3.8) is 0 Å². The highest BCUT2D eigenvalue weighted by molar-refractivity contribution is 7.17. The van der Waals surface area contributed by atoms with Crippen LogP contribution in [0.3, 0.4) is 0 Å². The standard InChI is InChI=1S/C17H15ClFNS/c1-20-15(17-13(18)6-4-7-14(17)19)9-11-10-21-16-8-3-2-5-12(11)16/h2-8,10,15,20H,9H2,1H3. The molecule has 0 bridgehead atoms. The van der Waals surface area contributed by atoms with Crippen LogP contribution in [0, 0.1) is 5.82 Å². The number of nitrogens with one attached hydrogen (secondary N) is 1. The van der Waals surface area contributed by atoms with Crippen molar-refractivity contribution in [1.82, 2.24) is 5.32 Å². The summed E-state index contributed by atoms with van der Waals surface area (Å²) < 4.78 is 15.4. The highest BCUT2D eigenvalue weighted by atomic mass is 35.5. The highest BCUT2D eigenvalue weighted by Crippen LogP contribution is 2.32. The lowest BCUT2D eigenvalue weighted by atomic mass is 9.98. The second kappa shape index (κ2) is 6.14. The second-order valence-electron chi connectivity index (χ2n) is 4.94. The Labute approximate surface area is 132 Å². The molecule has 1 aromatic heterocycles. The van der Waals surface area contributed by atoms with Gasteiger partial charge < -0.3 is 5.32 Å². The molecule has 0 saturated carbocycles. The Bertz CT molecular complexity index is 748. The fourth-order valence-corrected chi connectivity index (χ4v) is 3.87. The van der Waals surface area contributed by atoms with Gasteiger partial charge in [-0.05, 0) is 48.0 Å². The monoisotopic (exact) mass is 319 g/mol. The highest BCUT2D eigenvalue weighted by Gasteiger charge is 2.19. The maximum atomic E-state index is 14.1. The summed E-state index contributed by atoms with van der Waals surface area (Å²) in [6, 6.07) is 13.0. The van der Waals surface area contributed by atoms with Gasteiger partial charge in [0.25, 0.3) is 0 Å². The van der Waals surface area contributed by atoms with E-state index in [1.807, 2.05) is 19.2 Å². The molecule has 1 atom stereocenters. The summed E-state index contributed by atoms with van der Waals surface area (Å²) in [5, 5.41) is 7.02. The number of likely N-dealkylation sites (N-methyl/N-ethyl adjacent to an activating group) is 1. The minimum Gasteiger partial charge on any atom is -0.313 e. The first-order valence-corrected chi connectivity index (χ1v) is 8.02. The molecular weight excluding hydrogens is 305 g/mol. The van der Waals surface area contributed by atoms with E-state index in [-0.39, 0.29) is 11.9 Å². The number of thiophene rings is 1. The van der Waals surface area contributed by atoms with E-state index >= 15 is 0 Å². The Morgan fingerprint density at radius 2 is 2.00 bits per heavy atom. The van der Waals surface area contributed by atoms with Crippen LogP contribution in [0.2, 0.25) is 5.02 Å². The molecule has 1 N–H and O–H groups in total. The zero-order chi connectivity index (χ0) is 14.8. The van der Waals surface area contributed by atoms with Gasteiger partial charge in [-0.2, -0.15) is 0 Å². The second-order valence-corrected chi connectivity index (χ2v) is 6.26. The zero-order valence-corrected chi connectivity index (χ0v) is 13.1. The van der Waals surface area contributed by atoms with Crippen LogP contribution < -0.4 is 5.32 Å². The topological polar surface area (TPSA) is 12.0 Å². The lowest BCUT2D eigenvalue weighted by molar-refractivity contribution is 0.535. The van der Waals surface area contributed by atoms with Gasteiger partial charge in [-0.15, -0.1) is 11.3 Å². The molecule has 0 aliphatic carbocycles. The average molecular weight is 320 g/mol. The Morgan fingerprint density at radius 3 is 2.76 bits per heavy atom. The third-order valence-electron chi connectivity index (χ3n) is 3.68. The van der Waals surface area contributed by atoms with Crippen molar-refractivity contribution in [2.24, 2.45) is 0 Å². The van der Waals surface area contributed by atoms with Crippen LogP contribution in [0.1, 0.15) is 17.2 Å². The molecular formula is C17H15ClFNS. The van der Waals surface area contributed by atoms with Gasteiger partial charge in [0.15, 0.2) is 0 Å². The normalized spacial score (nSPS) is 12.7. The predicted octanol–water partition coefficient (Wildman–Crippen LogP) is 5.20. The fraction of sp³-hybridized carbons (Fsp3) is 0.176. The van der Waals surface area contributed by atoms with E-state index < -0.39 is 0 Å². The molecule has 0 aliphatic rings. The van der Waals surface area contributed by atoms with Crippen molar-refractivity contribution in [3.05, 3.63) is 69.8 Å². The quantitative estimate of drug-likeness (QED) is 0.697. The summed E-state index contributed by atoms with van der Waals surface area (Å²) in [7, 11) is 1.84. The van der Waals surface area contributed by atoms with Gasteiger partial charge in [0.1, 0.15) is 5.82 Å². The third-order valence-corrected chi connectivity index (χ3v) is 5.02. The molecule has 1 heterocycles. The molecule has 4 heteroatoms. The van der Waals surface area contributed by atoms with E-state index in [9.17, 15) is 4.39 Å². The van der Waals surface area contributed by atoms with E-state index in [0.29, 0.717) is 17.0 Å². The molecule has 0 saturated heterocycles. The van der Waals surface area contributed by atoms with Crippen LogP contribution >= 0.6 is 22.9 Å². The van der Waals surface area contributed by atoms with Crippen molar-refractivity contribution in [3.8, 4) is 0 Å². The molecule has 0 aliphatic heterocycles.